The van der Waals surface area contributed by atoms with Gasteiger partial charge in [0.25, 0.3) is 10.0 Å². The van der Waals surface area contributed by atoms with Crippen LogP contribution < -0.4 is 10.1 Å². The molecule has 0 bridgehead atoms. The van der Waals surface area contributed by atoms with Gasteiger partial charge in [0.05, 0.1) is 13.7 Å². The average Bonchev–Trinajstić information content (AvgIpc) is 3.05. The molecule has 2 fully saturated rings. The minimum atomic E-state index is -3.58. The Morgan fingerprint density at radius 3 is 2.88 bits per heavy atom. The molecule has 0 saturated carbocycles. The minimum absolute atomic E-state index is 0. The molecular formula is C14H22ClN3O4S2. The van der Waals surface area contributed by atoms with Crippen LogP contribution in [0, 0.1) is 0 Å². The zero-order valence-corrected chi connectivity index (χ0v) is 15.9. The van der Waals surface area contributed by atoms with Crippen LogP contribution in [-0.2, 0) is 14.8 Å². The molecule has 2 aliphatic heterocycles. The summed E-state index contributed by atoms with van der Waals surface area (Å²) in [6.07, 6.45) is 1.61. The molecule has 1 N–H and O–H groups in total. The minimum Gasteiger partial charge on any atom is -0.494 e. The summed E-state index contributed by atoms with van der Waals surface area (Å²) in [5.41, 5.74) is 0. The molecule has 0 spiro atoms. The molecular weight excluding hydrogens is 374 g/mol. The Bertz CT molecular complexity index is 679. The summed E-state index contributed by atoms with van der Waals surface area (Å²) in [7, 11) is -2.11. The summed E-state index contributed by atoms with van der Waals surface area (Å²) in [4.78, 5) is 13.9. The van der Waals surface area contributed by atoms with Crippen molar-refractivity contribution >= 4 is 39.7 Å². The molecule has 1 aromatic rings. The van der Waals surface area contributed by atoms with Crippen LogP contribution in [0.3, 0.4) is 0 Å². The van der Waals surface area contributed by atoms with Crippen LogP contribution in [0.15, 0.2) is 15.7 Å². The first-order chi connectivity index (χ1) is 11.0. The predicted molar refractivity (Wildman–Crippen MR) is 94.5 cm³/mol. The van der Waals surface area contributed by atoms with Crippen molar-refractivity contribution in [1.82, 2.24) is 14.5 Å². The standard InChI is InChI=1S/C14H21N3O4S2.ClH/c1-21-12-4-8-22-14(12)23(19,20)16-6-2-3-11(10-16)17-7-5-15-9-13(17)18;/h4,8,11,15H,2-3,5-7,9-10H2,1H3;1H. The molecule has 3 rings (SSSR count). The van der Waals surface area contributed by atoms with Crippen LogP contribution in [0.25, 0.3) is 0 Å². The molecule has 10 heteroatoms. The highest BCUT2D eigenvalue weighted by atomic mass is 35.5. The van der Waals surface area contributed by atoms with Gasteiger partial charge in [-0.25, -0.2) is 8.42 Å². The third-order valence-corrected chi connectivity index (χ3v) is 7.61. The third kappa shape index (κ3) is 3.70. The molecule has 1 unspecified atom stereocenters. The lowest BCUT2D eigenvalue weighted by molar-refractivity contribution is -0.135. The number of methoxy groups -OCH3 is 1. The fraction of sp³-hybridized carbons (Fsp3) is 0.643. The number of hydrogen-bond donors (Lipinski definition) is 1. The van der Waals surface area contributed by atoms with Crippen LogP contribution in [0.4, 0.5) is 0 Å². The summed E-state index contributed by atoms with van der Waals surface area (Å²) in [6.45, 7) is 2.57. The Morgan fingerprint density at radius 1 is 1.38 bits per heavy atom. The van der Waals surface area contributed by atoms with Crippen LogP contribution in [-0.4, -0.2) is 69.4 Å². The molecule has 2 aliphatic rings. The van der Waals surface area contributed by atoms with E-state index in [1.165, 1.54) is 22.8 Å². The van der Waals surface area contributed by atoms with E-state index in [9.17, 15) is 13.2 Å². The summed E-state index contributed by atoms with van der Waals surface area (Å²) in [5, 5.41) is 4.76. The number of hydrogen-bond acceptors (Lipinski definition) is 6. The van der Waals surface area contributed by atoms with E-state index in [-0.39, 0.29) is 28.6 Å². The maximum Gasteiger partial charge on any atom is 0.256 e. The molecule has 3 heterocycles. The van der Waals surface area contributed by atoms with Gasteiger partial charge in [0.15, 0.2) is 4.21 Å². The van der Waals surface area contributed by atoms with Gasteiger partial charge in [-0.1, -0.05) is 0 Å². The van der Waals surface area contributed by atoms with Crippen molar-refractivity contribution in [3.05, 3.63) is 11.4 Å². The normalized spacial score (nSPS) is 23.0. The van der Waals surface area contributed by atoms with Crippen molar-refractivity contribution in [2.24, 2.45) is 0 Å². The number of piperazine rings is 1. The predicted octanol–water partition coefficient (Wildman–Crippen LogP) is 0.763. The number of carbonyl (C=O) groups excluding carboxylic acids is 1. The largest absolute Gasteiger partial charge is 0.494 e. The molecule has 1 amide bonds. The number of piperidine rings is 1. The van der Waals surface area contributed by atoms with Gasteiger partial charge in [0.1, 0.15) is 5.75 Å². The Morgan fingerprint density at radius 2 is 2.17 bits per heavy atom. The highest BCUT2D eigenvalue weighted by Gasteiger charge is 2.36. The van der Waals surface area contributed by atoms with E-state index < -0.39 is 10.0 Å². The van der Waals surface area contributed by atoms with Gasteiger partial charge < -0.3 is 15.0 Å². The number of sulfonamides is 1. The number of halogens is 1. The average molecular weight is 396 g/mol. The van der Waals surface area contributed by atoms with Crippen molar-refractivity contribution in [3.8, 4) is 5.75 Å². The van der Waals surface area contributed by atoms with E-state index in [0.717, 1.165) is 19.4 Å². The summed E-state index contributed by atoms with van der Waals surface area (Å²) >= 11 is 1.17. The summed E-state index contributed by atoms with van der Waals surface area (Å²) in [6, 6.07) is 1.62. The molecule has 1 aromatic heterocycles. The number of nitrogens with one attached hydrogen (secondary N) is 1. The number of nitrogens with zero attached hydrogens (tertiary/aromatic N) is 2. The molecule has 1 atom stereocenters. The number of thiophene rings is 1. The van der Waals surface area contributed by atoms with E-state index in [1.807, 2.05) is 4.90 Å². The molecule has 0 aliphatic carbocycles. The Kier molecular flexibility index (Phi) is 6.49. The van der Waals surface area contributed by atoms with Crippen LogP contribution in [0.5, 0.6) is 5.75 Å². The van der Waals surface area contributed by atoms with E-state index >= 15 is 0 Å². The number of ether oxygens (including phenoxy) is 1. The number of amides is 1. The lowest BCUT2D eigenvalue weighted by Gasteiger charge is -2.40. The maximum atomic E-state index is 12.9. The fourth-order valence-corrected chi connectivity index (χ4v) is 6.07. The molecule has 0 radical (unpaired) electrons. The van der Waals surface area contributed by atoms with Gasteiger partial charge in [0, 0.05) is 32.2 Å². The van der Waals surface area contributed by atoms with E-state index in [1.54, 1.807) is 11.4 Å². The van der Waals surface area contributed by atoms with E-state index in [2.05, 4.69) is 5.32 Å². The fourth-order valence-electron chi connectivity index (χ4n) is 3.14. The van der Waals surface area contributed by atoms with Crippen LogP contribution in [0.1, 0.15) is 12.8 Å². The van der Waals surface area contributed by atoms with Crippen molar-refractivity contribution in [3.63, 3.8) is 0 Å². The van der Waals surface area contributed by atoms with E-state index in [4.69, 9.17) is 4.74 Å². The first-order valence-electron chi connectivity index (χ1n) is 7.66. The molecule has 7 nitrogen and oxygen atoms in total. The van der Waals surface area contributed by atoms with Crippen molar-refractivity contribution in [2.75, 3.05) is 39.8 Å². The Balaban J connectivity index is 0.00000208. The number of rotatable bonds is 4. The highest BCUT2D eigenvalue weighted by Crippen LogP contribution is 2.33. The molecule has 24 heavy (non-hydrogen) atoms. The van der Waals surface area contributed by atoms with Gasteiger partial charge in [-0.2, -0.15) is 4.31 Å². The monoisotopic (exact) mass is 395 g/mol. The Labute approximate surface area is 152 Å². The number of carbonyl (C=O) groups is 1. The maximum absolute atomic E-state index is 12.9. The van der Waals surface area contributed by atoms with E-state index in [0.29, 0.717) is 31.9 Å². The summed E-state index contributed by atoms with van der Waals surface area (Å²) < 4.78 is 32.6. The van der Waals surface area contributed by atoms with Crippen molar-refractivity contribution < 1.29 is 17.9 Å². The van der Waals surface area contributed by atoms with Crippen molar-refractivity contribution in [1.29, 1.82) is 0 Å². The zero-order valence-electron chi connectivity index (χ0n) is 13.4. The smallest absolute Gasteiger partial charge is 0.256 e. The second-order valence-corrected chi connectivity index (χ2v) is 8.75. The quantitative estimate of drug-likeness (QED) is 0.814. The molecule has 2 saturated heterocycles. The second kappa shape index (κ2) is 8.01. The lowest BCUT2D eigenvalue weighted by Crippen LogP contribution is -2.57. The molecule has 0 aromatic carbocycles. The van der Waals surface area contributed by atoms with Crippen LogP contribution in [0.2, 0.25) is 0 Å². The third-order valence-electron chi connectivity index (χ3n) is 4.32. The van der Waals surface area contributed by atoms with Gasteiger partial charge in [0.2, 0.25) is 5.91 Å². The first-order valence-corrected chi connectivity index (χ1v) is 9.98. The highest BCUT2D eigenvalue weighted by molar-refractivity contribution is 7.91. The SMILES string of the molecule is COc1ccsc1S(=O)(=O)N1CCCC(N2CCNCC2=O)C1.Cl. The van der Waals surface area contributed by atoms with Crippen LogP contribution >= 0.6 is 23.7 Å². The topological polar surface area (TPSA) is 79.0 Å². The van der Waals surface area contributed by atoms with Gasteiger partial charge in [-0.05, 0) is 24.3 Å². The van der Waals surface area contributed by atoms with Gasteiger partial charge >= 0.3 is 0 Å². The van der Waals surface area contributed by atoms with Gasteiger partial charge in [-0.15, -0.1) is 23.7 Å². The second-order valence-electron chi connectivity index (χ2n) is 5.70. The first kappa shape index (κ1) is 19.5. The zero-order chi connectivity index (χ0) is 16.4. The molecule has 136 valence electrons. The van der Waals surface area contributed by atoms with Crippen molar-refractivity contribution in [2.45, 2.75) is 23.1 Å². The van der Waals surface area contributed by atoms with Gasteiger partial charge in [-0.3, -0.25) is 4.79 Å². The summed E-state index contributed by atoms with van der Waals surface area (Å²) in [5.74, 6) is 0.435. The lowest BCUT2D eigenvalue weighted by atomic mass is 10.1. The Hall–Kier alpha value is -0.870.